The van der Waals surface area contributed by atoms with Crippen LogP contribution < -0.4 is 20.5 Å². The summed E-state index contributed by atoms with van der Waals surface area (Å²) in [5.74, 6) is 1.84. The van der Waals surface area contributed by atoms with Gasteiger partial charge in [0.15, 0.2) is 5.96 Å². The van der Waals surface area contributed by atoms with Crippen LogP contribution >= 0.6 is 24.0 Å². The third-order valence-corrected chi connectivity index (χ3v) is 3.52. The van der Waals surface area contributed by atoms with E-state index in [1.54, 1.807) is 20.4 Å². The molecule has 2 aromatic rings. The number of ether oxygens (including phenoxy) is 2. The van der Waals surface area contributed by atoms with Crippen LogP contribution in [0, 0.1) is 13.8 Å². The molecule has 1 aromatic carbocycles. The minimum absolute atomic E-state index is 0. The van der Waals surface area contributed by atoms with E-state index in [1.165, 1.54) is 0 Å². The number of hydrogen-bond acceptors (Lipinski definition) is 4. The number of nitrogens with two attached hydrogens (primary N) is 1. The minimum atomic E-state index is 0. The van der Waals surface area contributed by atoms with Gasteiger partial charge in [-0.2, -0.15) is 0 Å². The lowest BCUT2D eigenvalue weighted by Gasteiger charge is -2.12. The summed E-state index contributed by atoms with van der Waals surface area (Å²) in [7, 11) is 3.26. The summed E-state index contributed by atoms with van der Waals surface area (Å²) in [6.07, 6.45) is 1.78. The molecule has 0 radical (unpaired) electrons. The van der Waals surface area contributed by atoms with Gasteiger partial charge < -0.3 is 20.5 Å². The van der Waals surface area contributed by atoms with Gasteiger partial charge in [-0.05, 0) is 26.0 Å². The third-order valence-electron chi connectivity index (χ3n) is 3.52. The number of aryl methyl sites for hydroxylation is 1. The number of anilines is 1. The molecule has 1 heterocycles. The van der Waals surface area contributed by atoms with E-state index in [0.717, 1.165) is 28.3 Å². The molecule has 0 aliphatic heterocycles. The molecule has 0 atom stereocenters. The highest BCUT2D eigenvalue weighted by Gasteiger charge is 2.09. The summed E-state index contributed by atoms with van der Waals surface area (Å²) in [4.78, 5) is 8.74. The van der Waals surface area contributed by atoms with Gasteiger partial charge in [-0.1, -0.05) is 12.1 Å². The minimum Gasteiger partial charge on any atom is -0.496 e. The van der Waals surface area contributed by atoms with Crippen LogP contribution in [0.4, 0.5) is 5.69 Å². The van der Waals surface area contributed by atoms with Crippen molar-refractivity contribution < 1.29 is 9.47 Å². The predicted molar refractivity (Wildman–Crippen MR) is 108 cm³/mol. The van der Waals surface area contributed by atoms with E-state index in [-0.39, 0.29) is 24.0 Å². The fourth-order valence-electron chi connectivity index (χ4n) is 2.32. The first-order valence-corrected chi connectivity index (χ1v) is 7.25. The third kappa shape index (κ3) is 4.73. The molecule has 130 valence electrons. The van der Waals surface area contributed by atoms with E-state index >= 15 is 0 Å². The van der Waals surface area contributed by atoms with Gasteiger partial charge in [0, 0.05) is 17.3 Å². The quantitative estimate of drug-likeness (QED) is 0.422. The van der Waals surface area contributed by atoms with Gasteiger partial charge >= 0.3 is 0 Å². The van der Waals surface area contributed by atoms with Crippen molar-refractivity contribution in [3.8, 4) is 11.5 Å². The Morgan fingerprint density at radius 2 is 1.92 bits per heavy atom. The van der Waals surface area contributed by atoms with Crippen molar-refractivity contribution in [3.05, 3.63) is 47.3 Å². The lowest BCUT2D eigenvalue weighted by Crippen LogP contribution is -2.23. The van der Waals surface area contributed by atoms with Gasteiger partial charge in [-0.3, -0.25) is 4.98 Å². The maximum Gasteiger partial charge on any atom is 0.193 e. The van der Waals surface area contributed by atoms with Gasteiger partial charge in [-0.15, -0.1) is 24.0 Å². The van der Waals surface area contributed by atoms with Crippen molar-refractivity contribution in [1.29, 1.82) is 0 Å². The zero-order valence-electron chi connectivity index (χ0n) is 14.3. The topological polar surface area (TPSA) is 81.8 Å². The SMILES string of the molecule is COc1ccccc1NC(N)=NCc1ncc(C)c(OC)c1C.I. The van der Waals surface area contributed by atoms with Gasteiger partial charge in [-0.25, -0.2) is 4.99 Å². The van der Waals surface area contributed by atoms with Crippen molar-refractivity contribution in [3.63, 3.8) is 0 Å². The highest BCUT2D eigenvalue weighted by atomic mass is 127. The van der Waals surface area contributed by atoms with Crippen LogP contribution in [-0.2, 0) is 6.54 Å². The standard InChI is InChI=1S/C17H22N4O2.HI/c1-11-9-19-14(12(2)16(11)23-4)10-20-17(18)21-13-7-5-6-8-15(13)22-3;/h5-9H,10H2,1-4H3,(H3,18,20,21);1H. The largest absolute Gasteiger partial charge is 0.496 e. The Balaban J connectivity index is 0.00000288. The summed E-state index contributed by atoms with van der Waals surface area (Å²) >= 11 is 0. The molecule has 0 spiro atoms. The van der Waals surface area contributed by atoms with Crippen LogP contribution in [0.15, 0.2) is 35.5 Å². The van der Waals surface area contributed by atoms with Crippen molar-refractivity contribution in [2.45, 2.75) is 20.4 Å². The maximum absolute atomic E-state index is 5.95. The molecule has 0 unspecified atom stereocenters. The Hall–Kier alpha value is -2.03. The molecule has 0 bridgehead atoms. The van der Waals surface area contributed by atoms with Gasteiger partial charge in [0.1, 0.15) is 11.5 Å². The van der Waals surface area contributed by atoms with Crippen LogP contribution in [0.1, 0.15) is 16.8 Å². The Bertz CT molecular complexity index is 720. The van der Waals surface area contributed by atoms with E-state index in [4.69, 9.17) is 15.2 Å². The zero-order chi connectivity index (χ0) is 16.8. The molecule has 1 aromatic heterocycles. The van der Waals surface area contributed by atoms with Crippen molar-refractivity contribution in [2.24, 2.45) is 10.7 Å². The number of para-hydroxylation sites is 2. The summed E-state index contributed by atoms with van der Waals surface area (Å²) < 4.78 is 10.7. The number of aliphatic imine (C=N–C) groups is 1. The summed E-state index contributed by atoms with van der Waals surface area (Å²) in [6, 6.07) is 7.52. The molecule has 24 heavy (non-hydrogen) atoms. The maximum atomic E-state index is 5.95. The van der Waals surface area contributed by atoms with Gasteiger partial charge in [0.25, 0.3) is 0 Å². The first-order chi connectivity index (χ1) is 11.1. The average Bonchev–Trinajstić information content (AvgIpc) is 2.55. The van der Waals surface area contributed by atoms with E-state index in [0.29, 0.717) is 18.3 Å². The van der Waals surface area contributed by atoms with Crippen LogP contribution in [0.25, 0.3) is 0 Å². The molecule has 0 amide bonds. The average molecular weight is 442 g/mol. The number of hydrogen-bond donors (Lipinski definition) is 2. The molecule has 0 saturated carbocycles. The number of aromatic nitrogens is 1. The number of benzene rings is 1. The molecule has 0 aliphatic rings. The molecule has 0 aliphatic carbocycles. The summed E-state index contributed by atoms with van der Waals surface area (Å²) in [5, 5.41) is 3.03. The normalized spacial score (nSPS) is 10.8. The number of guanidine groups is 1. The second kappa shape index (κ2) is 9.31. The number of methoxy groups -OCH3 is 2. The fraction of sp³-hybridized carbons (Fsp3) is 0.294. The van der Waals surface area contributed by atoms with Crippen molar-refractivity contribution >= 4 is 35.6 Å². The summed E-state index contributed by atoms with van der Waals surface area (Å²) in [5.41, 5.74) is 9.52. The smallest absolute Gasteiger partial charge is 0.193 e. The van der Waals surface area contributed by atoms with Crippen LogP contribution in [0.3, 0.4) is 0 Å². The molecule has 6 nitrogen and oxygen atoms in total. The number of rotatable bonds is 5. The molecule has 2 rings (SSSR count). The molecular weight excluding hydrogens is 419 g/mol. The second-order valence-electron chi connectivity index (χ2n) is 5.07. The van der Waals surface area contributed by atoms with E-state index in [2.05, 4.69) is 15.3 Å². The number of pyridine rings is 1. The summed E-state index contributed by atoms with van der Waals surface area (Å²) in [6.45, 7) is 4.30. The van der Waals surface area contributed by atoms with E-state index in [1.807, 2.05) is 38.1 Å². The van der Waals surface area contributed by atoms with Crippen molar-refractivity contribution in [2.75, 3.05) is 19.5 Å². The number of nitrogens with zero attached hydrogens (tertiary/aromatic N) is 2. The Labute approximate surface area is 159 Å². The number of halogens is 1. The number of nitrogens with one attached hydrogen (secondary N) is 1. The Kier molecular flexibility index (Phi) is 7.76. The molecule has 7 heteroatoms. The molecule has 0 saturated heterocycles. The highest BCUT2D eigenvalue weighted by molar-refractivity contribution is 14.0. The molecule has 0 fully saturated rings. The first-order valence-electron chi connectivity index (χ1n) is 7.25. The Morgan fingerprint density at radius 1 is 1.21 bits per heavy atom. The van der Waals surface area contributed by atoms with Crippen LogP contribution in [-0.4, -0.2) is 25.2 Å². The Morgan fingerprint density at radius 3 is 2.58 bits per heavy atom. The monoisotopic (exact) mass is 442 g/mol. The van der Waals surface area contributed by atoms with Crippen molar-refractivity contribution in [1.82, 2.24) is 4.98 Å². The van der Waals surface area contributed by atoms with Crippen LogP contribution in [0.5, 0.6) is 11.5 Å². The fourth-order valence-corrected chi connectivity index (χ4v) is 2.32. The van der Waals surface area contributed by atoms with Crippen LogP contribution in [0.2, 0.25) is 0 Å². The van der Waals surface area contributed by atoms with Gasteiger partial charge in [0.05, 0.1) is 32.1 Å². The highest BCUT2D eigenvalue weighted by Crippen LogP contribution is 2.25. The molecular formula is C17H23IN4O2. The molecule has 3 N–H and O–H groups in total. The zero-order valence-corrected chi connectivity index (χ0v) is 16.6. The van der Waals surface area contributed by atoms with E-state index < -0.39 is 0 Å². The van der Waals surface area contributed by atoms with E-state index in [9.17, 15) is 0 Å². The second-order valence-corrected chi connectivity index (χ2v) is 5.07. The lowest BCUT2D eigenvalue weighted by atomic mass is 10.1. The first kappa shape index (κ1) is 20.0. The predicted octanol–water partition coefficient (Wildman–Crippen LogP) is 3.26. The lowest BCUT2D eigenvalue weighted by molar-refractivity contribution is 0.407. The van der Waals surface area contributed by atoms with Gasteiger partial charge in [0.2, 0.25) is 0 Å².